The van der Waals surface area contributed by atoms with Crippen molar-refractivity contribution >= 4 is 0 Å². The second kappa shape index (κ2) is 4.79. The molecule has 1 aromatic heterocycles. The second-order valence-corrected chi connectivity index (χ2v) is 4.29. The van der Waals surface area contributed by atoms with Gasteiger partial charge in [0.05, 0.1) is 12.3 Å². The third kappa shape index (κ3) is 2.40. The Morgan fingerprint density at radius 2 is 2.40 bits per heavy atom. The number of aromatic amines is 1. The Hall–Kier alpha value is -0.830. The molecule has 0 aromatic carbocycles. The zero-order chi connectivity index (χ0) is 10.7. The van der Waals surface area contributed by atoms with Crippen LogP contribution in [-0.2, 0) is 17.6 Å². The van der Waals surface area contributed by atoms with Crippen LogP contribution in [0, 0.1) is 0 Å². The van der Waals surface area contributed by atoms with Gasteiger partial charge in [0.1, 0.15) is 5.82 Å². The lowest BCUT2D eigenvalue weighted by atomic mass is 9.92. The maximum absolute atomic E-state index is 5.34. The third-order valence-corrected chi connectivity index (χ3v) is 3.08. The van der Waals surface area contributed by atoms with Crippen LogP contribution in [0.1, 0.15) is 49.8 Å². The molecule has 84 valence electrons. The van der Waals surface area contributed by atoms with E-state index in [2.05, 4.69) is 16.9 Å². The molecule has 0 fully saturated rings. The first-order chi connectivity index (χ1) is 7.31. The smallest absolute Gasteiger partial charge is 0.108 e. The Labute approximate surface area is 91.3 Å². The standard InChI is InChI=1S/C12H20N2O/c1-3-15-8-7-11-13-10-6-4-5-9(2)12(10)14-11/h9H,3-8H2,1-2H3,(H,13,14). The average Bonchev–Trinajstić information content (AvgIpc) is 2.63. The molecule has 0 radical (unpaired) electrons. The Morgan fingerprint density at radius 3 is 3.13 bits per heavy atom. The minimum absolute atomic E-state index is 0.630. The number of imidazole rings is 1. The first kappa shape index (κ1) is 10.7. The van der Waals surface area contributed by atoms with Gasteiger partial charge in [0.25, 0.3) is 0 Å². The van der Waals surface area contributed by atoms with Crippen LogP contribution in [0.2, 0.25) is 0 Å². The van der Waals surface area contributed by atoms with E-state index >= 15 is 0 Å². The van der Waals surface area contributed by atoms with Crippen molar-refractivity contribution in [1.29, 1.82) is 0 Å². The Morgan fingerprint density at radius 1 is 1.53 bits per heavy atom. The van der Waals surface area contributed by atoms with Crippen molar-refractivity contribution in [2.45, 2.75) is 45.4 Å². The van der Waals surface area contributed by atoms with Crippen LogP contribution in [0.4, 0.5) is 0 Å². The van der Waals surface area contributed by atoms with E-state index in [0.717, 1.165) is 25.5 Å². The highest BCUT2D eigenvalue weighted by Crippen LogP contribution is 2.29. The molecule has 1 N–H and O–H groups in total. The van der Waals surface area contributed by atoms with Gasteiger partial charge >= 0.3 is 0 Å². The van der Waals surface area contributed by atoms with Crippen LogP contribution in [0.15, 0.2) is 0 Å². The van der Waals surface area contributed by atoms with Crippen molar-refractivity contribution in [3.05, 3.63) is 17.2 Å². The number of fused-ring (bicyclic) bond motifs is 1. The molecule has 1 unspecified atom stereocenters. The number of nitrogens with zero attached hydrogens (tertiary/aromatic N) is 1. The van der Waals surface area contributed by atoms with Gasteiger partial charge in [-0.15, -0.1) is 0 Å². The lowest BCUT2D eigenvalue weighted by Gasteiger charge is -2.15. The molecule has 0 spiro atoms. The highest BCUT2D eigenvalue weighted by atomic mass is 16.5. The van der Waals surface area contributed by atoms with E-state index in [0.29, 0.717) is 5.92 Å². The molecule has 1 aliphatic carbocycles. The summed E-state index contributed by atoms with van der Waals surface area (Å²) in [5, 5.41) is 0. The summed E-state index contributed by atoms with van der Waals surface area (Å²) in [5.74, 6) is 1.73. The first-order valence-electron chi connectivity index (χ1n) is 5.96. The molecular formula is C12H20N2O. The fourth-order valence-corrected chi connectivity index (χ4v) is 2.23. The Kier molecular flexibility index (Phi) is 3.41. The lowest BCUT2D eigenvalue weighted by molar-refractivity contribution is 0.149. The monoisotopic (exact) mass is 208 g/mol. The number of H-pyrrole nitrogens is 1. The second-order valence-electron chi connectivity index (χ2n) is 4.29. The number of aryl methyl sites for hydroxylation is 1. The number of ether oxygens (including phenoxy) is 1. The molecule has 1 aromatic rings. The van der Waals surface area contributed by atoms with E-state index in [1.807, 2.05) is 6.92 Å². The highest BCUT2D eigenvalue weighted by Gasteiger charge is 2.20. The SMILES string of the molecule is CCOCCc1nc2c([nH]1)CCCC2C. The molecule has 1 heterocycles. The number of hydrogen-bond acceptors (Lipinski definition) is 2. The maximum Gasteiger partial charge on any atom is 0.108 e. The molecule has 3 heteroatoms. The third-order valence-electron chi connectivity index (χ3n) is 3.08. The van der Waals surface area contributed by atoms with Gasteiger partial charge in [-0.05, 0) is 26.2 Å². The first-order valence-corrected chi connectivity index (χ1v) is 5.96. The summed E-state index contributed by atoms with van der Waals surface area (Å²) in [7, 11) is 0. The van der Waals surface area contributed by atoms with Crippen molar-refractivity contribution in [2.24, 2.45) is 0 Å². The van der Waals surface area contributed by atoms with Gasteiger partial charge in [0.2, 0.25) is 0 Å². The highest BCUT2D eigenvalue weighted by molar-refractivity contribution is 5.21. The summed E-state index contributed by atoms with van der Waals surface area (Å²) in [6, 6.07) is 0. The van der Waals surface area contributed by atoms with Crippen molar-refractivity contribution in [3.63, 3.8) is 0 Å². The summed E-state index contributed by atoms with van der Waals surface area (Å²) < 4.78 is 5.34. The molecule has 3 nitrogen and oxygen atoms in total. The Balaban J connectivity index is 2.01. The molecule has 1 aliphatic rings. The van der Waals surface area contributed by atoms with Crippen LogP contribution in [0.25, 0.3) is 0 Å². The molecule has 0 aliphatic heterocycles. The quantitative estimate of drug-likeness (QED) is 0.772. The molecule has 2 rings (SSSR count). The largest absolute Gasteiger partial charge is 0.381 e. The number of nitrogens with one attached hydrogen (secondary N) is 1. The van der Waals surface area contributed by atoms with Crippen molar-refractivity contribution in [2.75, 3.05) is 13.2 Å². The van der Waals surface area contributed by atoms with E-state index < -0.39 is 0 Å². The van der Waals surface area contributed by atoms with Crippen LogP contribution < -0.4 is 0 Å². The molecule has 15 heavy (non-hydrogen) atoms. The summed E-state index contributed by atoms with van der Waals surface area (Å²) in [4.78, 5) is 8.10. The molecule has 0 saturated carbocycles. The summed E-state index contributed by atoms with van der Waals surface area (Å²) in [6.07, 6.45) is 4.65. The predicted octanol–water partition coefficient (Wildman–Crippen LogP) is 2.43. The van der Waals surface area contributed by atoms with Crippen LogP contribution in [0.5, 0.6) is 0 Å². The van der Waals surface area contributed by atoms with E-state index in [1.165, 1.54) is 30.7 Å². The predicted molar refractivity (Wildman–Crippen MR) is 60.1 cm³/mol. The average molecular weight is 208 g/mol. The van der Waals surface area contributed by atoms with Crippen LogP contribution >= 0.6 is 0 Å². The fraction of sp³-hybridized carbons (Fsp3) is 0.750. The molecule has 1 atom stereocenters. The van der Waals surface area contributed by atoms with Gasteiger partial charge in [-0.25, -0.2) is 4.98 Å². The minimum atomic E-state index is 0.630. The van der Waals surface area contributed by atoms with Crippen LogP contribution in [0.3, 0.4) is 0 Å². The van der Waals surface area contributed by atoms with Gasteiger partial charge in [-0.1, -0.05) is 6.92 Å². The summed E-state index contributed by atoms with van der Waals surface area (Å²) in [6.45, 7) is 5.86. The molecule has 0 saturated heterocycles. The van der Waals surface area contributed by atoms with Crippen molar-refractivity contribution in [1.82, 2.24) is 9.97 Å². The number of rotatable bonds is 4. The van der Waals surface area contributed by atoms with E-state index in [1.54, 1.807) is 0 Å². The summed E-state index contributed by atoms with van der Waals surface area (Å²) >= 11 is 0. The summed E-state index contributed by atoms with van der Waals surface area (Å²) in [5.41, 5.74) is 2.66. The molecule has 0 bridgehead atoms. The van der Waals surface area contributed by atoms with E-state index in [4.69, 9.17) is 4.74 Å². The zero-order valence-corrected chi connectivity index (χ0v) is 9.68. The van der Waals surface area contributed by atoms with Crippen molar-refractivity contribution in [3.8, 4) is 0 Å². The minimum Gasteiger partial charge on any atom is -0.381 e. The topological polar surface area (TPSA) is 37.9 Å². The molecular weight excluding hydrogens is 188 g/mol. The fourth-order valence-electron chi connectivity index (χ4n) is 2.23. The van der Waals surface area contributed by atoms with E-state index in [-0.39, 0.29) is 0 Å². The maximum atomic E-state index is 5.34. The van der Waals surface area contributed by atoms with Gasteiger partial charge in [0, 0.05) is 24.6 Å². The number of hydrogen-bond donors (Lipinski definition) is 1. The van der Waals surface area contributed by atoms with Gasteiger partial charge in [-0.2, -0.15) is 0 Å². The van der Waals surface area contributed by atoms with Gasteiger partial charge in [0.15, 0.2) is 0 Å². The van der Waals surface area contributed by atoms with Gasteiger partial charge in [-0.3, -0.25) is 0 Å². The Bertz CT molecular complexity index is 319. The van der Waals surface area contributed by atoms with Crippen molar-refractivity contribution < 1.29 is 4.74 Å². The zero-order valence-electron chi connectivity index (χ0n) is 9.68. The van der Waals surface area contributed by atoms with E-state index in [9.17, 15) is 0 Å². The van der Waals surface area contributed by atoms with Crippen LogP contribution in [-0.4, -0.2) is 23.2 Å². The molecule has 0 amide bonds. The lowest BCUT2D eigenvalue weighted by Crippen LogP contribution is -2.05. The normalized spacial score (nSPS) is 20.3. The number of aromatic nitrogens is 2. The van der Waals surface area contributed by atoms with Gasteiger partial charge < -0.3 is 9.72 Å².